The van der Waals surface area contributed by atoms with Gasteiger partial charge < -0.3 is 10.2 Å². The van der Waals surface area contributed by atoms with E-state index in [-0.39, 0.29) is 0 Å². The molecule has 2 nitrogen and oxygen atoms in total. The van der Waals surface area contributed by atoms with Gasteiger partial charge in [-0.25, -0.2) is 0 Å². The van der Waals surface area contributed by atoms with Gasteiger partial charge in [-0.05, 0) is 52.5 Å². The van der Waals surface area contributed by atoms with Crippen LogP contribution in [0.3, 0.4) is 0 Å². The van der Waals surface area contributed by atoms with Crippen LogP contribution in [0.2, 0.25) is 0 Å². The minimum atomic E-state index is 0.325. The average molecular weight is 238 g/mol. The van der Waals surface area contributed by atoms with Crippen LogP contribution in [0, 0.1) is 17.3 Å². The highest BCUT2D eigenvalue weighted by Crippen LogP contribution is 2.48. The molecule has 0 aliphatic carbocycles. The van der Waals surface area contributed by atoms with Crippen molar-refractivity contribution in [1.29, 1.82) is 0 Å². The lowest BCUT2D eigenvalue weighted by Gasteiger charge is -2.57. The van der Waals surface area contributed by atoms with Crippen LogP contribution in [0.15, 0.2) is 0 Å². The van der Waals surface area contributed by atoms with Crippen LogP contribution < -0.4 is 5.32 Å². The summed E-state index contributed by atoms with van der Waals surface area (Å²) in [7, 11) is 2.30. The molecule has 2 heteroatoms. The molecule has 100 valence electrons. The molecule has 0 radical (unpaired) electrons. The Morgan fingerprint density at radius 3 is 2.35 bits per heavy atom. The third kappa shape index (κ3) is 2.26. The van der Waals surface area contributed by atoms with Crippen molar-refractivity contribution in [2.75, 3.05) is 20.1 Å². The van der Waals surface area contributed by atoms with Gasteiger partial charge in [0.15, 0.2) is 0 Å². The Hall–Kier alpha value is -0.0800. The topological polar surface area (TPSA) is 15.3 Å². The first-order valence-electron chi connectivity index (χ1n) is 7.22. The summed E-state index contributed by atoms with van der Waals surface area (Å²) in [6, 6.07) is 0.748. The van der Waals surface area contributed by atoms with E-state index >= 15 is 0 Å². The highest BCUT2D eigenvalue weighted by molar-refractivity contribution is 5.04. The summed E-state index contributed by atoms with van der Waals surface area (Å²) in [5.74, 6) is 1.66. The van der Waals surface area contributed by atoms with Gasteiger partial charge in [0, 0.05) is 30.1 Å². The molecular formula is C15H30N2. The maximum Gasteiger partial charge on any atom is 0.0128 e. The summed E-state index contributed by atoms with van der Waals surface area (Å²) >= 11 is 0. The van der Waals surface area contributed by atoms with Gasteiger partial charge in [-0.15, -0.1) is 0 Å². The molecule has 2 aliphatic rings. The van der Waals surface area contributed by atoms with Crippen LogP contribution in [0.25, 0.3) is 0 Å². The first-order valence-corrected chi connectivity index (χ1v) is 7.22. The molecule has 2 aliphatic heterocycles. The number of hydrogen-bond donors (Lipinski definition) is 1. The molecule has 2 rings (SSSR count). The first kappa shape index (κ1) is 13.4. The molecule has 0 bridgehead atoms. The van der Waals surface area contributed by atoms with Crippen molar-refractivity contribution in [3.8, 4) is 0 Å². The van der Waals surface area contributed by atoms with E-state index in [1.165, 1.54) is 25.9 Å². The number of likely N-dealkylation sites (tertiary alicyclic amines) is 1. The molecule has 0 aromatic carbocycles. The second-order valence-corrected chi connectivity index (χ2v) is 7.48. The van der Waals surface area contributed by atoms with E-state index in [4.69, 9.17) is 0 Å². The Kier molecular flexibility index (Phi) is 3.33. The Morgan fingerprint density at radius 2 is 1.76 bits per heavy atom. The second-order valence-electron chi connectivity index (χ2n) is 7.48. The fraction of sp³-hybridized carbons (Fsp3) is 1.00. The zero-order valence-corrected chi connectivity index (χ0v) is 12.5. The van der Waals surface area contributed by atoms with Crippen LogP contribution in [-0.4, -0.2) is 36.6 Å². The van der Waals surface area contributed by atoms with E-state index in [2.05, 4.69) is 51.9 Å². The molecule has 0 aromatic rings. The van der Waals surface area contributed by atoms with E-state index < -0.39 is 0 Å². The summed E-state index contributed by atoms with van der Waals surface area (Å²) in [5, 5.41) is 3.79. The van der Waals surface area contributed by atoms with Crippen LogP contribution in [-0.2, 0) is 0 Å². The molecule has 2 saturated heterocycles. The predicted molar refractivity (Wildman–Crippen MR) is 74.2 cm³/mol. The zero-order valence-electron chi connectivity index (χ0n) is 12.5. The number of rotatable bonds is 0. The number of nitrogens with zero attached hydrogens (tertiary/aromatic N) is 1. The molecule has 17 heavy (non-hydrogen) atoms. The fourth-order valence-electron chi connectivity index (χ4n) is 4.19. The summed E-state index contributed by atoms with van der Waals surface area (Å²) in [4.78, 5) is 2.57. The average Bonchev–Trinajstić information content (AvgIpc) is 2.19. The third-order valence-electron chi connectivity index (χ3n) is 5.67. The Morgan fingerprint density at radius 1 is 1.12 bits per heavy atom. The standard InChI is InChI=1S/C15H30N2/c1-11-7-13(3)17(6)10-15(11)9-16-14(4,5)8-12(15)2/h11-13,16H,7-10H2,1-6H3. The summed E-state index contributed by atoms with van der Waals surface area (Å²) < 4.78 is 0. The molecule has 2 heterocycles. The van der Waals surface area contributed by atoms with Gasteiger partial charge in [0.05, 0.1) is 0 Å². The van der Waals surface area contributed by atoms with Crippen molar-refractivity contribution >= 4 is 0 Å². The van der Waals surface area contributed by atoms with Gasteiger partial charge in [-0.1, -0.05) is 13.8 Å². The second kappa shape index (κ2) is 4.24. The number of piperidine rings is 2. The van der Waals surface area contributed by atoms with Crippen molar-refractivity contribution in [1.82, 2.24) is 10.2 Å². The van der Waals surface area contributed by atoms with Crippen molar-refractivity contribution in [2.24, 2.45) is 17.3 Å². The highest BCUT2D eigenvalue weighted by Gasteiger charge is 2.50. The summed E-state index contributed by atoms with van der Waals surface area (Å²) in [6.45, 7) is 14.5. The van der Waals surface area contributed by atoms with Crippen molar-refractivity contribution in [2.45, 2.75) is 59.0 Å². The lowest BCUT2D eigenvalue weighted by molar-refractivity contribution is -0.0564. The Bertz CT molecular complexity index is 287. The number of nitrogens with one attached hydrogen (secondary N) is 1. The van der Waals surface area contributed by atoms with Crippen molar-refractivity contribution < 1.29 is 0 Å². The van der Waals surface area contributed by atoms with E-state index in [0.29, 0.717) is 11.0 Å². The lowest BCUT2D eigenvalue weighted by Crippen LogP contribution is -2.64. The van der Waals surface area contributed by atoms with Crippen molar-refractivity contribution in [3.05, 3.63) is 0 Å². The van der Waals surface area contributed by atoms with Gasteiger partial charge in [-0.3, -0.25) is 0 Å². The maximum absolute atomic E-state index is 3.79. The molecule has 0 amide bonds. The molecule has 1 N–H and O–H groups in total. The van der Waals surface area contributed by atoms with E-state index in [1.807, 2.05) is 0 Å². The van der Waals surface area contributed by atoms with Gasteiger partial charge in [0.1, 0.15) is 0 Å². The fourth-order valence-corrected chi connectivity index (χ4v) is 4.19. The van der Waals surface area contributed by atoms with Gasteiger partial charge >= 0.3 is 0 Å². The van der Waals surface area contributed by atoms with Gasteiger partial charge in [0.2, 0.25) is 0 Å². The molecule has 0 aromatic heterocycles. The third-order valence-corrected chi connectivity index (χ3v) is 5.67. The Balaban J connectivity index is 2.18. The maximum atomic E-state index is 3.79. The summed E-state index contributed by atoms with van der Waals surface area (Å²) in [5.41, 5.74) is 0.822. The minimum Gasteiger partial charge on any atom is -0.311 e. The first-order chi connectivity index (χ1) is 7.77. The molecule has 4 atom stereocenters. The van der Waals surface area contributed by atoms with Crippen LogP contribution in [0.1, 0.15) is 47.5 Å². The van der Waals surface area contributed by atoms with E-state index in [9.17, 15) is 0 Å². The van der Waals surface area contributed by atoms with Gasteiger partial charge in [-0.2, -0.15) is 0 Å². The van der Waals surface area contributed by atoms with Crippen LogP contribution in [0.4, 0.5) is 0 Å². The monoisotopic (exact) mass is 238 g/mol. The molecular weight excluding hydrogens is 208 g/mol. The van der Waals surface area contributed by atoms with Crippen LogP contribution in [0.5, 0.6) is 0 Å². The summed E-state index contributed by atoms with van der Waals surface area (Å²) in [6.07, 6.45) is 2.66. The van der Waals surface area contributed by atoms with Crippen molar-refractivity contribution in [3.63, 3.8) is 0 Å². The van der Waals surface area contributed by atoms with Crippen LogP contribution >= 0.6 is 0 Å². The quantitative estimate of drug-likeness (QED) is 0.698. The normalized spacial score (nSPS) is 47.3. The van der Waals surface area contributed by atoms with E-state index in [1.54, 1.807) is 0 Å². The zero-order chi connectivity index (χ0) is 12.8. The lowest BCUT2D eigenvalue weighted by atomic mass is 9.58. The van der Waals surface area contributed by atoms with Gasteiger partial charge in [0.25, 0.3) is 0 Å². The number of hydrogen-bond acceptors (Lipinski definition) is 2. The molecule has 0 saturated carbocycles. The molecule has 2 fully saturated rings. The molecule has 1 spiro atoms. The van der Waals surface area contributed by atoms with E-state index in [0.717, 1.165) is 17.9 Å². The predicted octanol–water partition coefficient (Wildman–Crippen LogP) is 2.74. The largest absolute Gasteiger partial charge is 0.311 e. The minimum absolute atomic E-state index is 0.325. The smallest absolute Gasteiger partial charge is 0.0128 e. The Labute approximate surface area is 107 Å². The SMILES string of the molecule is CC1CC(C)C2(CNC(C)(C)CC2C)CN1C. The highest BCUT2D eigenvalue weighted by atomic mass is 15.2. The molecule has 4 unspecified atom stereocenters.